The fraction of sp³-hybridized carbons (Fsp3) is 0.902. The summed E-state index contributed by atoms with van der Waals surface area (Å²) in [6.07, 6.45) is 23.4. The van der Waals surface area contributed by atoms with E-state index < -0.39 is 29.8 Å². The van der Waals surface area contributed by atoms with E-state index in [1.807, 2.05) is 0 Å². The second kappa shape index (κ2) is 37.4. The van der Waals surface area contributed by atoms with Crippen LogP contribution in [-0.2, 0) is 18.9 Å². The van der Waals surface area contributed by atoms with E-state index in [0.717, 1.165) is 77.0 Å². The molecule has 0 aromatic carbocycles. The molecule has 0 aliphatic carbocycles. The van der Waals surface area contributed by atoms with E-state index in [0.29, 0.717) is 26.2 Å². The predicted octanol–water partition coefficient (Wildman–Crippen LogP) is 10.3. The van der Waals surface area contributed by atoms with Crippen molar-refractivity contribution < 1.29 is 38.1 Å². The van der Waals surface area contributed by atoms with E-state index in [2.05, 4.69) is 49.0 Å². The molecule has 12 heteroatoms. The fourth-order valence-electron chi connectivity index (χ4n) is 5.71. The van der Waals surface area contributed by atoms with E-state index in [1.165, 1.54) is 77.0 Å². The van der Waals surface area contributed by atoms with Gasteiger partial charge in [0, 0.05) is 26.2 Å². The minimum absolute atomic E-state index is 0.310. The molecular weight excluding hydrogens is 676 g/mol. The highest BCUT2D eigenvalue weighted by atomic mass is 16.6. The molecule has 0 heterocycles. The summed E-state index contributed by atoms with van der Waals surface area (Å²) in [4.78, 5) is 51.0. The van der Waals surface area contributed by atoms with E-state index in [9.17, 15) is 19.2 Å². The molecule has 4 amide bonds. The molecule has 0 bridgehead atoms. The first-order chi connectivity index (χ1) is 25.8. The molecule has 0 aliphatic heterocycles. The number of carbonyl (C=O) groups excluding carboxylic acids is 4. The van der Waals surface area contributed by atoms with Gasteiger partial charge in [0.15, 0.2) is 0 Å². The Morgan fingerprint density at radius 1 is 0.321 bits per heavy atom. The third-order valence-corrected chi connectivity index (χ3v) is 9.24. The van der Waals surface area contributed by atoms with Crippen LogP contribution in [0.2, 0.25) is 0 Å². The Bertz CT molecular complexity index is 751. The van der Waals surface area contributed by atoms with Crippen LogP contribution >= 0.6 is 0 Å². The van der Waals surface area contributed by atoms with E-state index in [1.54, 1.807) is 0 Å². The van der Waals surface area contributed by atoms with Crippen molar-refractivity contribution in [2.45, 2.75) is 182 Å². The van der Waals surface area contributed by atoms with Crippen LogP contribution in [0.25, 0.3) is 0 Å². The number of unbranched alkanes of at least 4 members (excludes halogenated alkanes) is 20. The summed E-state index contributed by atoms with van der Waals surface area (Å²) in [5.74, 6) is 0. The second-order valence-electron chi connectivity index (χ2n) is 14.6. The average Bonchev–Trinajstić information content (AvgIpc) is 3.15. The first-order valence-corrected chi connectivity index (χ1v) is 21.4. The normalized spacial score (nSPS) is 11.1. The molecule has 0 spiro atoms. The Morgan fingerprint density at radius 3 is 0.717 bits per heavy atom. The maximum atomic E-state index is 12.8. The maximum absolute atomic E-state index is 12.8. The van der Waals surface area contributed by atoms with Crippen LogP contribution in [0, 0.1) is 5.41 Å². The van der Waals surface area contributed by atoms with Crippen molar-refractivity contribution in [1.29, 1.82) is 0 Å². The Balaban J connectivity index is 5.47. The number of carbonyl (C=O) groups is 4. The zero-order valence-corrected chi connectivity index (χ0v) is 34.4. The van der Waals surface area contributed by atoms with Crippen molar-refractivity contribution in [1.82, 2.24) is 21.3 Å². The molecule has 312 valence electrons. The van der Waals surface area contributed by atoms with Crippen molar-refractivity contribution in [2.24, 2.45) is 5.41 Å². The molecule has 0 radical (unpaired) electrons. The zero-order valence-electron chi connectivity index (χ0n) is 34.4. The standard InChI is InChI=1S/C41H80N4O8/c1-5-9-13-17-21-25-29-42-37(46)50-33-41(34-51-38(47)43-30-26-22-18-14-10-6-2,35-52-39(48)44-31-27-23-19-15-11-7-3)36-53-40(49)45-32-28-24-20-16-12-8-4/h5-36H2,1-4H3,(H,42,46)(H,43,47)(H,44,48)(H,45,49). The summed E-state index contributed by atoms with van der Waals surface area (Å²) >= 11 is 0. The molecule has 0 aromatic heterocycles. The molecule has 0 aliphatic rings. The topological polar surface area (TPSA) is 153 Å². The molecule has 0 atom stereocenters. The van der Waals surface area contributed by atoms with Crippen LogP contribution in [-0.4, -0.2) is 77.0 Å². The lowest BCUT2D eigenvalue weighted by Gasteiger charge is -2.31. The Labute approximate surface area is 323 Å². The summed E-state index contributed by atoms with van der Waals surface area (Å²) in [7, 11) is 0. The second-order valence-corrected chi connectivity index (χ2v) is 14.6. The van der Waals surface area contributed by atoms with Gasteiger partial charge in [0.05, 0.1) is 0 Å². The Kier molecular flexibility index (Phi) is 35.3. The first-order valence-electron chi connectivity index (χ1n) is 21.4. The van der Waals surface area contributed by atoms with Gasteiger partial charge in [-0.25, -0.2) is 19.2 Å². The Morgan fingerprint density at radius 2 is 0.509 bits per heavy atom. The summed E-state index contributed by atoms with van der Waals surface area (Å²) in [5.41, 5.74) is -1.34. The van der Waals surface area contributed by atoms with E-state index in [-0.39, 0.29) is 26.4 Å². The summed E-state index contributed by atoms with van der Waals surface area (Å²) < 4.78 is 22.4. The van der Waals surface area contributed by atoms with Gasteiger partial charge in [0.1, 0.15) is 31.8 Å². The quantitative estimate of drug-likeness (QED) is 0.0364. The fourth-order valence-corrected chi connectivity index (χ4v) is 5.71. The van der Waals surface area contributed by atoms with Gasteiger partial charge in [-0.1, -0.05) is 156 Å². The van der Waals surface area contributed by atoms with Gasteiger partial charge in [-0.2, -0.15) is 0 Å². The van der Waals surface area contributed by atoms with Crippen LogP contribution < -0.4 is 21.3 Å². The number of hydrogen-bond acceptors (Lipinski definition) is 8. The molecule has 0 rings (SSSR count). The SMILES string of the molecule is CCCCCCCCNC(=O)OCC(COC(=O)NCCCCCCCC)(COC(=O)NCCCCCCCC)COC(=O)NCCCCCCCC. The number of alkyl carbamates (subject to hydrolysis) is 4. The maximum Gasteiger partial charge on any atom is 0.407 e. The van der Waals surface area contributed by atoms with Gasteiger partial charge < -0.3 is 40.2 Å². The molecule has 53 heavy (non-hydrogen) atoms. The smallest absolute Gasteiger partial charge is 0.407 e. The van der Waals surface area contributed by atoms with Crippen molar-refractivity contribution in [2.75, 3.05) is 52.6 Å². The predicted molar refractivity (Wildman–Crippen MR) is 213 cm³/mol. The van der Waals surface area contributed by atoms with Gasteiger partial charge in [-0.05, 0) is 25.7 Å². The lowest BCUT2D eigenvalue weighted by atomic mass is 9.92. The van der Waals surface area contributed by atoms with Crippen molar-refractivity contribution in [3.8, 4) is 0 Å². The molecular formula is C41H80N4O8. The third-order valence-electron chi connectivity index (χ3n) is 9.24. The van der Waals surface area contributed by atoms with Crippen LogP contribution in [0.15, 0.2) is 0 Å². The minimum Gasteiger partial charge on any atom is -0.449 e. The highest BCUT2D eigenvalue weighted by Gasteiger charge is 2.38. The number of nitrogens with one attached hydrogen (secondary N) is 4. The van der Waals surface area contributed by atoms with Crippen LogP contribution in [0.5, 0.6) is 0 Å². The summed E-state index contributed by atoms with van der Waals surface area (Å²) in [5, 5.41) is 11.1. The molecule has 12 nitrogen and oxygen atoms in total. The van der Waals surface area contributed by atoms with Crippen LogP contribution in [0.3, 0.4) is 0 Å². The molecule has 4 N–H and O–H groups in total. The number of ether oxygens (including phenoxy) is 4. The molecule has 0 saturated carbocycles. The number of hydrogen-bond donors (Lipinski definition) is 4. The van der Waals surface area contributed by atoms with Crippen molar-refractivity contribution >= 4 is 24.4 Å². The van der Waals surface area contributed by atoms with E-state index >= 15 is 0 Å². The first kappa shape index (κ1) is 50.1. The summed E-state index contributed by atoms with van der Waals surface area (Å²) in [6, 6.07) is 0. The zero-order chi connectivity index (χ0) is 39.1. The average molecular weight is 757 g/mol. The molecule has 0 unspecified atom stereocenters. The molecule has 0 aromatic rings. The van der Waals surface area contributed by atoms with E-state index in [4.69, 9.17) is 18.9 Å². The van der Waals surface area contributed by atoms with Gasteiger partial charge >= 0.3 is 24.4 Å². The highest BCUT2D eigenvalue weighted by molar-refractivity contribution is 5.69. The molecule has 0 saturated heterocycles. The third kappa shape index (κ3) is 33.4. The lowest BCUT2D eigenvalue weighted by Crippen LogP contribution is -2.47. The minimum atomic E-state index is -1.34. The van der Waals surface area contributed by atoms with Gasteiger partial charge in [-0.15, -0.1) is 0 Å². The molecule has 0 fully saturated rings. The van der Waals surface area contributed by atoms with Gasteiger partial charge in [0.25, 0.3) is 0 Å². The van der Waals surface area contributed by atoms with Crippen LogP contribution in [0.4, 0.5) is 19.2 Å². The number of amides is 4. The summed E-state index contributed by atoms with van der Waals surface area (Å²) in [6.45, 7) is 9.31. The van der Waals surface area contributed by atoms with Gasteiger partial charge in [0.2, 0.25) is 0 Å². The van der Waals surface area contributed by atoms with Crippen molar-refractivity contribution in [3.63, 3.8) is 0 Å². The highest BCUT2D eigenvalue weighted by Crippen LogP contribution is 2.22. The van der Waals surface area contributed by atoms with Gasteiger partial charge in [-0.3, -0.25) is 0 Å². The Hall–Kier alpha value is -2.92. The lowest BCUT2D eigenvalue weighted by molar-refractivity contribution is -0.0486. The van der Waals surface area contributed by atoms with Crippen LogP contribution in [0.1, 0.15) is 182 Å². The monoisotopic (exact) mass is 757 g/mol. The number of rotatable bonds is 36. The van der Waals surface area contributed by atoms with Crippen molar-refractivity contribution in [3.05, 3.63) is 0 Å². The largest absolute Gasteiger partial charge is 0.449 e.